The van der Waals surface area contributed by atoms with Crippen LogP contribution < -0.4 is 14.8 Å². The van der Waals surface area contributed by atoms with Crippen molar-refractivity contribution < 1.29 is 13.2 Å². The Kier molecular flexibility index (Phi) is 6.93. The largest absolute Gasteiger partial charge is 0.497 e. The van der Waals surface area contributed by atoms with Crippen molar-refractivity contribution in [3.8, 4) is 5.75 Å². The summed E-state index contributed by atoms with van der Waals surface area (Å²) in [6.45, 7) is 2.89. The molecule has 0 spiro atoms. The first-order valence-corrected chi connectivity index (χ1v) is 8.79. The molecule has 0 radical (unpaired) electrons. The monoisotopic (exact) mass is 398 g/mol. The second kappa shape index (κ2) is 7.78. The van der Waals surface area contributed by atoms with Crippen molar-refractivity contribution in [2.45, 2.75) is 36.7 Å². The minimum Gasteiger partial charge on any atom is -0.497 e. The van der Waals surface area contributed by atoms with Crippen LogP contribution in [-0.2, 0) is 10.0 Å². The molecule has 0 amide bonds. The van der Waals surface area contributed by atoms with Gasteiger partial charge in [-0.15, -0.1) is 12.4 Å². The Labute approximate surface area is 140 Å². The summed E-state index contributed by atoms with van der Waals surface area (Å²) < 4.78 is 33.2. The average molecular weight is 400 g/mol. The highest BCUT2D eigenvalue weighted by Crippen LogP contribution is 2.27. The number of hydrogen-bond acceptors (Lipinski definition) is 4. The summed E-state index contributed by atoms with van der Waals surface area (Å²) in [5, 5.41) is 3.30. The van der Waals surface area contributed by atoms with Gasteiger partial charge in [-0.25, -0.2) is 13.1 Å². The van der Waals surface area contributed by atoms with Crippen molar-refractivity contribution in [1.82, 2.24) is 10.0 Å². The summed E-state index contributed by atoms with van der Waals surface area (Å²) >= 11 is 3.29. The second-order valence-electron chi connectivity index (χ2n) is 4.99. The molecule has 1 aliphatic rings. The van der Waals surface area contributed by atoms with E-state index in [0.29, 0.717) is 16.3 Å². The molecule has 2 rings (SSSR count). The van der Waals surface area contributed by atoms with E-state index in [0.717, 1.165) is 19.4 Å². The average Bonchev–Trinajstić information content (AvgIpc) is 2.37. The van der Waals surface area contributed by atoms with E-state index in [1.165, 1.54) is 0 Å². The van der Waals surface area contributed by atoms with E-state index in [1.54, 1.807) is 25.3 Å². The van der Waals surface area contributed by atoms with Crippen LogP contribution in [0.15, 0.2) is 27.6 Å². The topological polar surface area (TPSA) is 67.4 Å². The number of ether oxygens (including phenoxy) is 1. The highest BCUT2D eigenvalue weighted by molar-refractivity contribution is 9.10. The van der Waals surface area contributed by atoms with E-state index < -0.39 is 10.0 Å². The molecule has 2 atom stereocenters. The molecular weight excluding hydrogens is 380 g/mol. The van der Waals surface area contributed by atoms with E-state index in [-0.39, 0.29) is 23.3 Å². The van der Waals surface area contributed by atoms with Gasteiger partial charge in [0.05, 0.1) is 12.0 Å². The second-order valence-corrected chi connectivity index (χ2v) is 7.53. The molecule has 1 saturated heterocycles. The maximum Gasteiger partial charge on any atom is 0.241 e. The van der Waals surface area contributed by atoms with Gasteiger partial charge in [0.1, 0.15) is 5.75 Å². The Bertz CT molecular complexity index is 583. The molecule has 21 heavy (non-hydrogen) atoms. The fourth-order valence-corrected chi connectivity index (χ4v) is 4.69. The molecular formula is C13H20BrClN2O3S. The highest BCUT2D eigenvalue weighted by Gasteiger charge is 2.25. The van der Waals surface area contributed by atoms with Crippen LogP contribution in [0.25, 0.3) is 0 Å². The highest BCUT2D eigenvalue weighted by atomic mass is 79.9. The van der Waals surface area contributed by atoms with Crippen molar-refractivity contribution in [3.05, 3.63) is 22.7 Å². The van der Waals surface area contributed by atoms with Crippen LogP contribution in [-0.4, -0.2) is 34.2 Å². The van der Waals surface area contributed by atoms with Crippen molar-refractivity contribution in [2.75, 3.05) is 13.7 Å². The fourth-order valence-electron chi connectivity index (χ4n) is 2.35. The molecule has 1 heterocycles. The molecule has 1 fully saturated rings. The first kappa shape index (κ1) is 18.7. The Balaban J connectivity index is 0.00000220. The quantitative estimate of drug-likeness (QED) is 0.815. The number of methoxy groups -OCH3 is 1. The molecule has 2 unspecified atom stereocenters. The van der Waals surface area contributed by atoms with Gasteiger partial charge in [0, 0.05) is 16.6 Å². The predicted molar refractivity (Wildman–Crippen MR) is 88.8 cm³/mol. The van der Waals surface area contributed by atoms with Crippen LogP contribution in [0.4, 0.5) is 0 Å². The lowest BCUT2D eigenvalue weighted by Crippen LogP contribution is -2.46. The molecule has 1 aromatic rings. The zero-order valence-corrected chi connectivity index (χ0v) is 15.1. The van der Waals surface area contributed by atoms with E-state index in [2.05, 4.69) is 32.9 Å². The Hall–Kier alpha value is -0.340. The lowest BCUT2D eigenvalue weighted by molar-refractivity contribution is 0.361. The van der Waals surface area contributed by atoms with Crippen molar-refractivity contribution >= 4 is 38.4 Å². The molecule has 0 saturated carbocycles. The fraction of sp³-hybridized carbons (Fsp3) is 0.538. The maximum absolute atomic E-state index is 12.4. The molecule has 8 heteroatoms. The van der Waals surface area contributed by atoms with Crippen molar-refractivity contribution in [3.63, 3.8) is 0 Å². The number of halogens is 2. The molecule has 5 nitrogen and oxygen atoms in total. The van der Waals surface area contributed by atoms with Crippen LogP contribution in [0.2, 0.25) is 0 Å². The first-order chi connectivity index (χ1) is 9.42. The van der Waals surface area contributed by atoms with Gasteiger partial charge in [0.2, 0.25) is 10.0 Å². The maximum atomic E-state index is 12.4. The number of nitrogens with one attached hydrogen (secondary N) is 2. The summed E-state index contributed by atoms with van der Waals surface area (Å²) in [6, 6.07) is 5.15. The summed E-state index contributed by atoms with van der Waals surface area (Å²) in [5.74, 6) is 0.617. The molecule has 0 aromatic heterocycles. The predicted octanol–water partition coefficient (Wildman–Crippen LogP) is 2.30. The van der Waals surface area contributed by atoms with Gasteiger partial charge in [-0.2, -0.15) is 0 Å². The third-order valence-corrected chi connectivity index (χ3v) is 5.87. The summed E-state index contributed by atoms with van der Waals surface area (Å²) in [7, 11) is -1.97. The van der Waals surface area contributed by atoms with Gasteiger partial charge in [-0.1, -0.05) is 0 Å². The van der Waals surface area contributed by atoms with Crippen LogP contribution in [0, 0.1) is 0 Å². The van der Waals surface area contributed by atoms with Gasteiger partial charge in [0.25, 0.3) is 0 Å². The zero-order valence-electron chi connectivity index (χ0n) is 11.9. The minimum atomic E-state index is -3.52. The number of rotatable bonds is 4. The van der Waals surface area contributed by atoms with Gasteiger partial charge < -0.3 is 10.1 Å². The number of hydrogen-bond donors (Lipinski definition) is 2. The van der Waals surface area contributed by atoms with Crippen LogP contribution in [0.3, 0.4) is 0 Å². The van der Waals surface area contributed by atoms with E-state index in [4.69, 9.17) is 4.74 Å². The van der Waals surface area contributed by atoms with Crippen LogP contribution >= 0.6 is 28.3 Å². The summed E-state index contributed by atoms with van der Waals surface area (Å²) in [4.78, 5) is 0.240. The lowest BCUT2D eigenvalue weighted by Gasteiger charge is -2.28. The summed E-state index contributed by atoms with van der Waals surface area (Å²) in [6.07, 6.45) is 1.60. The first-order valence-electron chi connectivity index (χ1n) is 6.51. The normalized spacial score (nSPS) is 22.4. The van der Waals surface area contributed by atoms with E-state index in [1.807, 2.05) is 0 Å². The van der Waals surface area contributed by atoms with Crippen LogP contribution in [0.1, 0.15) is 19.8 Å². The van der Waals surface area contributed by atoms with Gasteiger partial charge in [-0.05, 0) is 60.4 Å². The molecule has 1 aliphatic heterocycles. The van der Waals surface area contributed by atoms with Gasteiger partial charge >= 0.3 is 0 Å². The van der Waals surface area contributed by atoms with E-state index in [9.17, 15) is 8.42 Å². The lowest BCUT2D eigenvalue weighted by atomic mass is 10.0. The standard InChI is InChI=1S/C13H19BrN2O3S.ClH/c1-9-7-10(5-6-15-9)16-20(17,18)13-4-3-11(19-2)8-12(13)14;/h3-4,8-10,15-16H,5-7H2,1-2H3;1H. The zero-order chi connectivity index (χ0) is 14.8. The Morgan fingerprint density at radius 3 is 2.71 bits per heavy atom. The van der Waals surface area contributed by atoms with Gasteiger partial charge in [0.15, 0.2) is 0 Å². The number of sulfonamides is 1. The molecule has 120 valence electrons. The molecule has 1 aromatic carbocycles. The Morgan fingerprint density at radius 1 is 1.43 bits per heavy atom. The molecule has 0 bridgehead atoms. The number of piperidine rings is 1. The Morgan fingerprint density at radius 2 is 2.14 bits per heavy atom. The third-order valence-electron chi connectivity index (χ3n) is 3.37. The van der Waals surface area contributed by atoms with Gasteiger partial charge in [-0.3, -0.25) is 0 Å². The number of benzene rings is 1. The van der Waals surface area contributed by atoms with Crippen LogP contribution in [0.5, 0.6) is 5.75 Å². The van der Waals surface area contributed by atoms with Crippen molar-refractivity contribution in [2.24, 2.45) is 0 Å². The summed E-state index contributed by atoms with van der Waals surface area (Å²) in [5.41, 5.74) is 0. The van der Waals surface area contributed by atoms with Crippen molar-refractivity contribution in [1.29, 1.82) is 0 Å². The SMILES string of the molecule is COc1ccc(S(=O)(=O)NC2CCNC(C)C2)c(Br)c1.Cl. The van der Waals surface area contributed by atoms with E-state index >= 15 is 0 Å². The molecule has 0 aliphatic carbocycles. The minimum absolute atomic E-state index is 0. The smallest absolute Gasteiger partial charge is 0.241 e. The molecule has 2 N–H and O–H groups in total. The third kappa shape index (κ3) is 4.82.